The number of hydrogen-bond donors (Lipinski definition) is 1. The summed E-state index contributed by atoms with van der Waals surface area (Å²) < 4.78 is 10.8. The van der Waals surface area contributed by atoms with Crippen molar-refractivity contribution in [3.63, 3.8) is 0 Å². The quantitative estimate of drug-likeness (QED) is 0.525. The summed E-state index contributed by atoms with van der Waals surface area (Å²) in [6.07, 6.45) is 5.41. The third kappa shape index (κ3) is 5.36. The maximum atomic E-state index is 13.2. The molecule has 11 heteroatoms. The Morgan fingerprint density at radius 3 is 2.82 bits per heavy atom. The number of aromatic nitrogens is 4. The van der Waals surface area contributed by atoms with Crippen molar-refractivity contribution in [2.75, 3.05) is 13.3 Å². The minimum absolute atomic E-state index is 0.0454. The average Bonchev–Trinajstić information content (AvgIpc) is 3.60. The van der Waals surface area contributed by atoms with E-state index in [1.165, 1.54) is 27.5 Å². The van der Waals surface area contributed by atoms with Gasteiger partial charge in [-0.25, -0.2) is 0 Å². The molecule has 34 heavy (non-hydrogen) atoms. The summed E-state index contributed by atoms with van der Waals surface area (Å²) in [5.74, 6) is 1.35. The first-order valence-corrected chi connectivity index (χ1v) is 12.3. The van der Waals surface area contributed by atoms with Crippen LogP contribution in [0.5, 0.6) is 11.5 Å². The molecule has 1 saturated carbocycles. The van der Waals surface area contributed by atoms with Crippen LogP contribution in [0.25, 0.3) is 10.7 Å². The fourth-order valence-corrected chi connectivity index (χ4v) is 4.87. The molecule has 1 N–H and O–H groups in total. The highest BCUT2D eigenvalue weighted by Gasteiger charge is 2.23. The molecule has 1 aliphatic heterocycles. The zero-order valence-corrected chi connectivity index (χ0v) is 19.5. The second-order valence-corrected chi connectivity index (χ2v) is 9.41. The van der Waals surface area contributed by atoms with Crippen LogP contribution < -0.4 is 14.8 Å². The number of carbonyl (C=O) groups excluding carboxylic acids is 2. The molecule has 1 aliphatic carbocycles. The summed E-state index contributed by atoms with van der Waals surface area (Å²) in [7, 11) is 0. The van der Waals surface area contributed by atoms with Crippen molar-refractivity contribution in [3.8, 4) is 22.2 Å². The van der Waals surface area contributed by atoms with Gasteiger partial charge in [-0.3, -0.25) is 9.59 Å². The number of ether oxygens (including phenoxy) is 2. The van der Waals surface area contributed by atoms with Gasteiger partial charge in [-0.2, -0.15) is 4.80 Å². The van der Waals surface area contributed by atoms with Gasteiger partial charge in [0, 0.05) is 12.6 Å². The minimum atomic E-state index is -0.272. The summed E-state index contributed by atoms with van der Waals surface area (Å²) in [6, 6.07) is 9.50. The van der Waals surface area contributed by atoms with Crippen molar-refractivity contribution in [3.05, 3.63) is 41.3 Å². The van der Waals surface area contributed by atoms with Crippen molar-refractivity contribution in [1.29, 1.82) is 0 Å². The van der Waals surface area contributed by atoms with Crippen LogP contribution in [0.1, 0.15) is 37.7 Å². The van der Waals surface area contributed by atoms with Crippen molar-refractivity contribution < 1.29 is 19.1 Å². The van der Waals surface area contributed by atoms with Crippen LogP contribution in [0.3, 0.4) is 0 Å². The molecule has 3 heterocycles. The summed E-state index contributed by atoms with van der Waals surface area (Å²) in [5, 5.41) is 17.4. The van der Waals surface area contributed by atoms with Gasteiger partial charge in [0.1, 0.15) is 6.54 Å². The first-order valence-electron chi connectivity index (χ1n) is 11.4. The van der Waals surface area contributed by atoms with E-state index < -0.39 is 0 Å². The van der Waals surface area contributed by atoms with E-state index in [4.69, 9.17) is 9.47 Å². The smallest absolute Gasteiger partial charge is 0.247 e. The van der Waals surface area contributed by atoms with Crippen molar-refractivity contribution in [2.45, 2.75) is 51.2 Å². The third-order valence-electron chi connectivity index (χ3n) is 5.94. The predicted molar refractivity (Wildman–Crippen MR) is 124 cm³/mol. The van der Waals surface area contributed by atoms with Gasteiger partial charge in [-0.05, 0) is 47.2 Å². The predicted octanol–water partition coefficient (Wildman–Crippen LogP) is 2.61. The highest BCUT2D eigenvalue weighted by molar-refractivity contribution is 7.13. The standard InChI is InChI=1S/C23H26N6O4S/c30-21(24-17-5-2-1-3-6-17)13-28(12-16-8-9-18-19(11-16)33-15-32-18)22(31)14-29-26-23(25-27-29)20-7-4-10-34-20/h4,7-11,17H,1-3,5-6,12-15H2,(H,24,30). The van der Waals surface area contributed by atoms with Crippen LogP contribution in [0.15, 0.2) is 35.7 Å². The van der Waals surface area contributed by atoms with E-state index in [1.54, 1.807) is 0 Å². The van der Waals surface area contributed by atoms with Gasteiger partial charge in [0.05, 0.1) is 11.4 Å². The summed E-state index contributed by atoms with van der Waals surface area (Å²) >= 11 is 1.50. The lowest BCUT2D eigenvalue weighted by Crippen LogP contribution is -2.45. The van der Waals surface area contributed by atoms with E-state index in [0.29, 0.717) is 17.3 Å². The van der Waals surface area contributed by atoms with Gasteiger partial charge < -0.3 is 19.7 Å². The average molecular weight is 483 g/mol. The lowest BCUT2D eigenvalue weighted by molar-refractivity contribution is -0.137. The molecule has 0 saturated heterocycles. The van der Waals surface area contributed by atoms with Gasteiger partial charge in [0.15, 0.2) is 11.5 Å². The van der Waals surface area contributed by atoms with E-state index >= 15 is 0 Å². The van der Waals surface area contributed by atoms with E-state index in [2.05, 4.69) is 20.7 Å². The molecule has 1 fully saturated rings. The Hall–Kier alpha value is -3.47. The number of carbonyl (C=O) groups is 2. The van der Waals surface area contributed by atoms with E-state index in [-0.39, 0.29) is 44.3 Å². The zero-order valence-electron chi connectivity index (χ0n) is 18.7. The zero-order chi connectivity index (χ0) is 23.3. The molecule has 0 radical (unpaired) electrons. The topological polar surface area (TPSA) is 111 Å². The second-order valence-electron chi connectivity index (χ2n) is 8.46. The highest BCUT2D eigenvalue weighted by atomic mass is 32.1. The van der Waals surface area contributed by atoms with E-state index in [9.17, 15) is 9.59 Å². The SMILES string of the molecule is O=C(CN(Cc1ccc2c(c1)OCO2)C(=O)Cn1nnc(-c2cccs2)n1)NC1CCCCC1. The van der Waals surface area contributed by atoms with Crippen LogP contribution >= 0.6 is 11.3 Å². The largest absolute Gasteiger partial charge is 0.454 e. The Kier molecular flexibility index (Phi) is 6.70. The molecule has 5 rings (SSSR count). The molecule has 2 amide bonds. The number of tetrazole rings is 1. The second kappa shape index (κ2) is 10.2. The molecule has 1 aromatic carbocycles. The number of fused-ring (bicyclic) bond motifs is 1. The van der Waals surface area contributed by atoms with Gasteiger partial charge in [-0.1, -0.05) is 31.4 Å². The fraction of sp³-hybridized carbons (Fsp3) is 0.435. The number of hydrogen-bond acceptors (Lipinski definition) is 8. The number of benzene rings is 1. The molecule has 2 aromatic heterocycles. The Labute approximate surface area is 200 Å². The molecular weight excluding hydrogens is 456 g/mol. The lowest BCUT2D eigenvalue weighted by Gasteiger charge is -2.26. The number of nitrogens with zero attached hydrogens (tertiary/aromatic N) is 5. The fourth-order valence-electron chi connectivity index (χ4n) is 4.22. The number of thiophene rings is 1. The Morgan fingerprint density at radius 1 is 1.15 bits per heavy atom. The third-order valence-corrected chi connectivity index (χ3v) is 6.80. The van der Waals surface area contributed by atoms with Crippen molar-refractivity contribution >= 4 is 23.2 Å². The van der Waals surface area contributed by atoms with Crippen LogP contribution in [-0.4, -0.2) is 56.3 Å². The van der Waals surface area contributed by atoms with Crippen LogP contribution in [0.2, 0.25) is 0 Å². The van der Waals surface area contributed by atoms with Gasteiger partial charge in [0.2, 0.25) is 24.4 Å². The van der Waals surface area contributed by atoms with Crippen LogP contribution in [0.4, 0.5) is 0 Å². The normalized spacial score (nSPS) is 15.3. The molecule has 178 valence electrons. The molecular formula is C23H26N6O4S. The molecule has 0 atom stereocenters. The van der Waals surface area contributed by atoms with Crippen LogP contribution in [0, 0.1) is 0 Å². The van der Waals surface area contributed by atoms with Crippen molar-refractivity contribution in [1.82, 2.24) is 30.4 Å². The summed E-state index contributed by atoms with van der Waals surface area (Å²) in [4.78, 5) is 29.7. The summed E-state index contributed by atoms with van der Waals surface area (Å²) in [6.45, 7) is 0.270. The Balaban J connectivity index is 1.29. The van der Waals surface area contributed by atoms with E-state index in [1.807, 2.05) is 35.7 Å². The Morgan fingerprint density at radius 2 is 2.00 bits per heavy atom. The molecule has 0 unspecified atom stereocenters. The number of nitrogens with one attached hydrogen (secondary N) is 1. The molecule has 3 aromatic rings. The number of amides is 2. The monoisotopic (exact) mass is 482 g/mol. The van der Waals surface area contributed by atoms with Crippen molar-refractivity contribution in [2.24, 2.45) is 0 Å². The molecule has 0 spiro atoms. The maximum Gasteiger partial charge on any atom is 0.247 e. The first-order chi connectivity index (χ1) is 16.6. The minimum Gasteiger partial charge on any atom is -0.454 e. The molecule has 0 bridgehead atoms. The van der Waals surface area contributed by atoms with Crippen LogP contribution in [-0.2, 0) is 22.7 Å². The summed E-state index contributed by atoms with van der Waals surface area (Å²) in [5.41, 5.74) is 0.842. The molecule has 2 aliphatic rings. The number of rotatable bonds is 8. The highest BCUT2D eigenvalue weighted by Crippen LogP contribution is 2.32. The van der Waals surface area contributed by atoms with E-state index in [0.717, 1.165) is 36.1 Å². The van der Waals surface area contributed by atoms with Gasteiger partial charge in [-0.15, -0.1) is 21.5 Å². The van der Waals surface area contributed by atoms with Gasteiger partial charge >= 0.3 is 0 Å². The van der Waals surface area contributed by atoms with Gasteiger partial charge in [0.25, 0.3) is 0 Å². The lowest BCUT2D eigenvalue weighted by atomic mass is 9.95. The first kappa shape index (κ1) is 22.3. The Bertz CT molecular complexity index is 1140. The molecule has 10 nitrogen and oxygen atoms in total. The maximum absolute atomic E-state index is 13.2.